The standard InChI is InChI=1S/C9H16IN3O2S/c1-8-9(7-11-13-8)16(14,15)12-6-4-2-3-5-10/h7,12H,2-6H2,1H3,(H,11,13). The summed E-state index contributed by atoms with van der Waals surface area (Å²) in [5.41, 5.74) is 0.569. The lowest BCUT2D eigenvalue weighted by atomic mass is 10.3. The molecule has 1 aromatic rings. The van der Waals surface area contributed by atoms with Gasteiger partial charge in [-0.15, -0.1) is 0 Å². The minimum atomic E-state index is -3.38. The fourth-order valence-corrected chi connectivity index (χ4v) is 3.04. The van der Waals surface area contributed by atoms with Crippen molar-refractivity contribution < 1.29 is 8.42 Å². The van der Waals surface area contributed by atoms with Crippen LogP contribution in [0.5, 0.6) is 0 Å². The van der Waals surface area contributed by atoms with Crippen molar-refractivity contribution in [1.82, 2.24) is 14.9 Å². The van der Waals surface area contributed by atoms with Gasteiger partial charge in [-0.25, -0.2) is 13.1 Å². The molecule has 0 saturated heterocycles. The number of halogens is 1. The summed E-state index contributed by atoms with van der Waals surface area (Å²) in [7, 11) is -3.38. The highest BCUT2D eigenvalue weighted by atomic mass is 127. The van der Waals surface area contributed by atoms with E-state index in [1.807, 2.05) is 0 Å². The first-order valence-corrected chi connectivity index (χ1v) is 8.14. The number of sulfonamides is 1. The second-order valence-electron chi connectivity index (χ2n) is 3.51. The molecule has 0 saturated carbocycles. The molecule has 0 aliphatic carbocycles. The molecular weight excluding hydrogens is 341 g/mol. The van der Waals surface area contributed by atoms with Gasteiger partial charge in [0.05, 0.1) is 11.9 Å². The molecule has 2 N–H and O–H groups in total. The van der Waals surface area contributed by atoms with Gasteiger partial charge in [0, 0.05) is 6.54 Å². The van der Waals surface area contributed by atoms with E-state index in [9.17, 15) is 8.42 Å². The molecule has 0 unspecified atom stereocenters. The number of aromatic nitrogens is 2. The van der Waals surface area contributed by atoms with Gasteiger partial charge >= 0.3 is 0 Å². The minimum absolute atomic E-state index is 0.237. The maximum atomic E-state index is 11.8. The van der Waals surface area contributed by atoms with Crippen LogP contribution in [-0.4, -0.2) is 29.6 Å². The summed E-state index contributed by atoms with van der Waals surface area (Å²) in [6, 6.07) is 0. The van der Waals surface area contributed by atoms with Gasteiger partial charge < -0.3 is 0 Å². The zero-order chi connectivity index (χ0) is 12.0. The lowest BCUT2D eigenvalue weighted by Gasteiger charge is -2.04. The highest BCUT2D eigenvalue weighted by molar-refractivity contribution is 14.1. The Morgan fingerprint density at radius 2 is 2.19 bits per heavy atom. The number of unbranched alkanes of at least 4 members (excludes halogenated alkanes) is 2. The van der Waals surface area contributed by atoms with Gasteiger partial charge in [-0.3, -0.25) is 5.10 Å². The smallest absolute Gasteiger partial charge is 0.243 e. The van der Waals surface area contributed by atoms with Gasteiger partial charge in [-0.05, 0) is 24.2 Å². The number of nitrogens with zero attached hydrogens (tertiary/aromatic N) is 1. The summed E-state index contributed by atoms with van der Waals surface area (Å²) >= 11 is 2.32. The lowest BCUT2D eigenvalue weighted by Crippen LogP contribution is -2.25. The lowest BCUT2D eigenvalue weighted by molar-refractivity contribution is 0.576. The van der Waals surface area contributed by atoms with Crippen LogP contribution in [0.3, 0.4) is 0 Å². The largest absolute Gasteiger partial charge is 0.281 e. The molecule has 92 valence electrons. The van der Waals surface area contributed by atoms with Gasteiger partial charge in [0.2, 0.25) is 10.0 Å². The Bertz CT molecular complexity index is 416. The molecule has 0 spiro atoms. The molecule has 0 radical (unpaired) electrons. The summed E-state index contributed by atoms with van der Waals surface area (Å²) in [5.74, 6) is 0. The van der Waals surface area contributed by atoms with Gasteiger partial charge in [-0.1, -0.05) is 29.0 Å². The van der Waals surface area contributed by atoms with Crippen LogP contribution in [0.4, 0.5) is 0 Å². The molecule has 1 aromatic heterocycles. The van der Waals surface area contributed by atoms with Crippen LogP contribution in [0.25, 0.3) is 0 Å². The zero-order valence-corrected chi connectivity index (χ0v) is 12.1. The van der Waals surface area contributed by atoms with E-state index in [0.717, 1.165) is 23.7 Å². The summed E-state index contributed by atoms with van der Waals surface area (Å²) in [4.78, 5) is 0.237. The van der Waals surface area contributed by atoms with Crippen LogP contribution < -0.4 is 4.72 Å². The average molecular weight is 357 g/mol. The van der Waals surface area contributed by atoms with Crippen molar-refractivity contribution in [3.63, 3.8) is 0 Å². The summed E-state index contributed by atoms with van der Waals surface area (Å²) in [5, 5.41) is 6.32. The van der Waals surface area contributed by atoms with Crippen molar-refractivity contribution in [2.45, 2.75) is 31.1 Å². The Balaban J connectivity index is 2.45. The Labute approximate surface area is 110 Å². The monoisotopic (exact) mass is 357 g/mol. The molecule has 7 heteroatoms. The normalized spacial score (nSPS) is 11.9. The molecule has 1 heterocycles. The van der Waals surface area contributed by atoms with Gasteiger partial charge in [-0.2, -0.15) is 5.10 Å². The molecule has 0 aromatic carbocycles. The second kappa shape index (κ2) is 6.55. The molecule has 5 nitrogen and oxygen atoms in total. The fraction of sp³-hybridized carbons (Fsp3) is 0.667. The van der Waals surface area contributed by atoms with E-state index >= 15 is 0 Å². The number of aryl methyl sites for hydroxylation is 1. The van der Waals surface area contributed by atoms with E-state index in [1.54, 1.807) is 6.92 Å². The number of alkyl halides is 1. The number of hydrogen-bond acceptors (Lipinski definition) is 3. The molecular formula is C9H16IN3O2S. The molecule has 16 heavy (non-hydrogen) atoms. The van der Waals surface area contributed by atoms with Crippen LogP contribution in [-0.2, 0) is 10.0 Å². The predicted molar refractivity (Wildman–Crippen MR) is 71.3 cm³/mol. The fourth-order valence-electron chi connectivity index (χ4n) is 1.29. The molecule has 0 bridgehead atoms. The summed E-state index contributed by atoms with van der Waals surface area (Å²) in [6.45, 7) is 2.18. The van der Waals surface area contributed by atoms with Crippen molar-refractivity contribution in [3.05, 3.63) is 11.9 Å². The Kier molecular flexibility index (Phi) is 5.70. The van der Waals surface area contributed by atoms with E-state index in [-0.39, 0.29) is 4.90 Å². The van der Waals surface area contributed by atoms with E-state index in [4.69, 9.17) is 0 Å². The molecule has 0 aliphatic rings. The maximum absolute atomic E-state index is 11.8. The van der Waals surface area contributed by atoms with Crippen LogP contribution in [0.2, 0.25) is 0 Å². The van der Waals surface area contributed by atoms with Crippen LogP contribution in [0.15, 0.2) is 11.1 Å². The minimum Gasteiger partial charge on any atom is -0.281 e. The molecule has 0 amide bonds. The molecule has 0 aliphatic heterocycles. The Hall–Kier alpha value is -0.150. The van der Waals surface area contributed by atoms with Gasteiger partial charge in [0.15, 0.2) is 0 Å². The van der Waals surface area contributed by atoms with Crippen molar-refractivity contribution in [2.24, 2.45) is 0 Å². The number of nitrogens with one attached hydrogen (secondary N) is 2. The molecule has 1 rings (SSSR count). The third kappa shape index (κ3) is 4.02. The van der Waals surface area contributed by atoms with Crippen LogP contribution in [0, 0.1) is 6.92 Å². The first kappa shape index (κ1) is 13.9. The maximum Gasteiger partial charge on any atom is 0.243 e. The predicted octanol–water partition coefficient (Wildman–Crippen LogP) is 1.60. The van der Waals surface area contributed by atoms with E-state index in [2.05, 4.69) is 37.5 Å². The van der Waals surface area contributed by atoms with Crippen LogP contribution >= 0.6 is 22.6 Å². The van der Waals surface area contributed by atoms with Crippen molar-refractivity contribution >= 4 is 32.6 Å². The summed E-state index contributed by atoms with van der Waals surface area (Å²) in [6.07, 6.45) is 4.39. The topological polar surface area (TPSA) is 74.8 Å². The average Bonchev–Trinajstić information content (AvgIpc) is 2.65. The molecule has 0 atom stereocenters. The van der Waals surface area contributed by atoms with Gasteiger partial charge in [0.25, 0.3) is 0 Å². The third-order valence-corrected chi connectivity index (χ3v) is 4.51. The molecule has 0 fully saturated rings. The first-order valence-electron chi connectivity index (χ1n) is 5.13. The highest BCUT2D eigenvalue weighted by Crippen LogP contribution is 2.10. The SMILES string of the molecule is Cc1[nH]ncc1S(=O)(=O)NCCCCCI. The van der Waals surface area contributed by atoms with E-state index in [1.165, 1.54) is 6.20 Å². The first-order chi connectivity index (χ1) is 7.58. The van der Waals surface area contributed by atoms with Crippen molar-refractivity contribution in [2.75, 3.05) is 11.0 Å². The zero-order valence-electron chi connectivity index (χ0n) is 9.16. The van der Waals surface area contributed by atoms with E-state index < -0.39 is 10.0 Å². The van der Waals surface area contributed by atoms with E-state index in [0.29, 0.717) is 12.2 Å². The quantitative estimate of drug-likeness (QED) is 0.442. The second-order valence-corrected chi connectivity index (χ2v) is 6.32. The Morgan fingerprint density at radius 1 is 1.44 bits per heavy atom. The number of aromatic amines is 1. The Morgan fingerprint density at radius 3 is 2.75 bits per heavy atom. The van der Waals surface area contributed by atoms with Gasteiger partial charge in [0.1, 0.15) is 4.90 Å². The summed E-state index contributed by atoms with van der Waals surface area (Å²) < 4.78 is 27.2. The van der Waals surface area contributed by atoms with Crippen molar-refractivity contribution in [3.8, 4) is 0 Å². The third-order valence-electron chi connectivity index (χ3n) is 2.18. The van der Waals surface area contributed by atoms with Crippen molar-refractivity contribution in [1.29, 1.82) is 0 Å². The number of hydrogen-bond donors (Lipinski definition) is 2. The van der Waals surface area contributed by atoms with Crippen LogP contribution in [0.1, 0.15) is 25.0 Å². The number of rotatable bonds is 7. The number of H-pyrrole nitrogens is 1. The highest BCUT2D eigenvalue weighted by Gasteiger charge is 2.17.